The molecule has 0 amide bonds. The summed E-state index contributed by atoms with van der Waals surface area (Å²) in [5.41, 5.74) is 4.07. The number of rotatable bonds is 6. The molecule has 0 saturated heterocycles. The number of cyclic esters (lactones) is 1. The normalized spacial score (nSPS) is 19.8. The third kappa shape index (κ3) is 5.20. The molecule has 168 valence electrons. The fourth-order valence-electron chi connectivity index (χ4n) is 3.96. The molecule has 0 bridgehead atoms. The molecule has 2 aromatic rings. The van der Waals surface area contributed by atoms with Gasteiger partial charge in [-0.15, -0.1) is 0 Å². The molecule has 0 unspecified atom stereocenters. The molecule has 3 nitrogen and oxygen atoms in total. The first kappa shape index (κ1) is 23.9. The molecule has 1 aliphatic rings. The van der Waals surface area contributed by atoms with Gasteiger partial charge in [0.1, 0.15) is 16.3 Å². The molecule has 1 aromatic heterocycles. The Bertz CT molecular complexity index is 981. The lowest BCUT2D eigenvalue weighted by atomic mass is 9.80. The van der Waals surface area contributed by atoms with Crippen molar-refractivity contribution in [3.8, 4) is 0 Å². The van der Waals surface area contributed by atoms with Crippen molar-refractivity contribution >= 4 is 29.1 Å². The van der Waals surface area contributed by atoms with Crippen LogP contribution in [0.4, 0.5) is 0 Å². The summed E-state index contributed by atoms with van der Waals surface area (Å²) in [5.74, 6) is -0.153. The Hall–Kier alpha value is -1.72. The first-order valence-corrected chi connectivity index (χ1v) is 12.6. The second-order valence-corrected chi connectivity index (χ2v) is 11.8. The van der Waals surface area contributed by atoms with Crippen LogP contribution in [0.2, 0.25) is 0 Å². The molecule has 0 saturated carbocycles. The molecule has 31 heavy (non-hydrogen) atoms. The van der Waals surface area contributed by atoms with Crippen LogP contribution in [-0.4, -0.2) is 16.7 Å². The van der Waals surface area contributed by atoms with Gasteiger partial charge >= 0.3 is 5.97 Å². The Balaban J connectivity index is 1.92. The molecule has 3 rings (SSSR count). The number of thioether (sulfide) groups is 1. The summed E-state index contributed by atoms with van der Waals surface area (Å²) in [6.45, 7) is 14.8. The van der Waals surface area contributed by atoms with Crippen molar-refractivity contribution in [2.75, 3.05) is 0 Å². The molecular formula is C26H34O3S2. The Morgan fingerprint density at radius 3 is 2.45 bits per heavy atom. The third-order valence-electron chi connectivity index (χ3n) is 6.30. The van der Waals surface area contributed by atoms with Crippen LogP contribution >= 0.6 is 23.1 Å². The summed E-state index contributed by atoms with van der Waals surface area (Å²) in [6.07, 6.45) is 1.89. The molecule has 1 aliphatic heterocycles. The molecule has 1 N–H and O–H groups in total. The van der Waals surface area contributed by atoms with Gasteiger partial charge in [-0.1, -0.05) is 52.4 Å². The zero-order chi connectivity index (χ0) is 23.0. The van der Waals surface area contributed by atoms with Crippen LogP contribution in [0.25, 0.3) is 0 Å². The minimum absolute atomic E-state index is 0.0717. The monoisotopic (exact) mass is 458 g/mol. The highest BCUT2D eigenvalue weighted by Gasteiger charge is 2.44. The van der Waals surface area contributed by atoms with Crippen molar-refractivity contribution in [1.29, 1.82) is 0 Å². The molecular weight excluding hydrogens is 424 g/mol. The number of ether oxygens (including phenoxy) is 1. The van der Waals surface area contributed by atoms with E-state index < -0.39 is 11.6 Å². The van der Waals surface area contributed by atoms with E-state index in [2.05, 4.69) is 77.4 Å². The summed E-state index contributed by atoms with van der Waals surface area (Å²) in [7, 11) is 0. The van der Waals surface area contributed by atoms with E-state index in [0.717, 1.165) is 11.3 Å². The van der Waals surface area contributed by atoms with Crippen LogP contribution < -0.4 is 0 Å². The van der Waals surface area contributed by atoms with E-state index in [1.165, 1.54) is 34.0 Å². The maximum absolute atomic E-state index is 13.1. The maximum Gasteiger partial charge on any atom is 0.349 e. The van der Waals surface area contributed by atoms with E-state index in [0.29, 0.717) is 17.7 Å². The van der Waals surface area contributed by atoms with Crippen LogP contribution in [0, 0.1) is 19.8 Å². The predicted octanol–water partition coefficient (Wildman–Crippen LogP) is 7.50. The number of hydrogen-bond donors (Lipinski definition) is 1. The van der Waals surface area contributed by atoms with Gasteiger partial charge in [0, 0.05) is 11.3 Å². The summed E-state index contributed by atoms with van der Waals surface area (Å²) < 4.78 is 6.09. The Morgan fingerprint density at radius 2 is 1.90 bits per heavy atom. The van der Waals surface area contributed by atoms with Gasteiger partial charge in [-0.2, -0.15) is 11.3 Å². The zero-order valence-corrected chi connectivity index (χ0v) is 21.3. The number of esters is 1. The highest BCUT2D eigenvalue weighted by Crippen LogP contribution is 2.45. The molecule has 1 atom stereocenters. The second-order valence-electron chi connectivity index (χ2n) is 9.98. The highest BCUT2D eigenvalue weighted by molar-refractivity contribution is 8.04. The van der Waals surface area contributed by atoms with Crippen molar-refractivity contribution in [2.45, 2.75) is 83.6 Å². The summed E-state index contributed by atoms with van der Waals surface area (Å²) >= 11 is 3.01. The van der Waals surface area contributed by atoms with Crippen molar-refractivity contribution in [3.63, 3.8) is 0 Å². The quantitative estimate of drug-likeness (QED) is 0.455. The lowest BCUT2D eigenvalue weighted by molar-refractivity contribution is -0.164. The van der Waals surface area contributed by atoms with Crippen molar-refractivity contribution < 1.29 is 14.6 Å². The van der Waals surface area contributed by atoms with Gasteiger partial charge in [0.2, 0.25) is 0 Å². The van der Waals surface area contributed by atoms with Gasteiger partial charge in [0.25, 0.3) is 0 Å². The second kappa shape index (κ2) is 9.03. The number of aryl methyl sites for hydroxylation is 3. The van der Waals surface area contributed by atoms with E-state index in [4.69, 9.17) is 4.74 Å². The summed E-state index contributed by atoms with van der Waals surface area (Å²) in [4.78, 5) is 14.5. The van der Waals surface area contributed by atoms with Gasteiger partial charge in [0.15, 0.2) is 0 Å². The molecule has 5 heteroatoms. The van der Waals surface area contributed by atoms with Gasteiger partial charge in [-0.05, 0) is 83.2 Å². The van der Waals surface area contributed by atoms with E-state index >= 15 is 0 Å². The Labute approximate surface area is 194 Å². The lowest BCUT2D eigenvalue weighted by Crippen LogP contribution is -2.44. The van der Waals surface area contributed by atoms with E-state index in [-0.39, 0.29) is 17.1 Å². The van der Waals surface area contributed by atoms with Gasteiger partial charge in [0.05, 0.1) is 0 Å². The van der Waals surface area contributed by atoms with Gasteiger partial charge in [-0.25, -0.2) is 4.79 Å². The fraction of sp³-hybridized carbons (Fsp3) is 0.500. The first-order chi connectivity index (χ1) is 14.4. The van der Waals surface area contributed by atoms with Gasteiger partial charge < -0.3 is 9.84 Å². The Morgan fingerprint density at radius 1 is 1.23 bits per heavy atom. The highest BCUT2D eigenvalue weighted by atomic mass is 32.2. The van der Waals surface area contributed by atoms with E-state index in [1.807, 2.05) is 0 Å². The molecule has 1 aromatic carbocycles. The van der Waals surface area contributed by atoms with Crippen molar-refractivity contribution in [1.82, 2.24) is 0 Å². The molecule has 0 spiro atoms. The first-order valence-electron chi connectivity index (χ1n) is 10.9. The summed E-state index contributed by atoms with van der Waals surface area (Å²) in [6, 6.07) is 6.42. The number of carbonyl (C=O) groups excluding carboxylic acids is 1. The number of thiophene rings is 1. The predicted molar refractivity (Wildman–Crippen MR) is 131 cm³/mol. The van der Waals surface area contributed by atoms with E-state index in [1.54, 1.807) is 11.3 Å². The number of carbonyl (C=O) groups is 1. The number of aliphatic hydroxyl groups is 1. The topological polar surface area (TPSA) is 46.5 Å². The van der Waals surface area contributed by atoms with Crippen LogP contribution in [-0.2, 0) is 21.4 Å². The zero-order valence-electron chi connectivity index (χ0n) is 19.7. The SMILES string of the molecule is Cc1cc(SC2=C(O)C[C@@](CCc3ccsc3)(C(C)C)OC2=O)c(C(C)(C)C)cc1C. The van der Waals surface area contributed by atoms with Crippen LogP contribution in [0.5, 0.6) is 0 Å². The van der Waals surface area contributed by atoms with E-state index in [9.17, 15) is 9.90 Å². The molecule has 0 radical (unpaired) electrons. The lowest BCUT2D eigenvalue weighted by Gasteiger charge is -2.40. The van der Waals surface area contributed by atoms with Crippen molar-refractivity contribution in [3.05, 3.63) is 61.9 Å². The maximum atomic E-state index is 13.1. The van der Waals surface area contributed by atoms with Crippen LogP contribution in [0.15, 0.2) is 44.5 Å². The largest absolute Gasteiger partial charge is 0.511 e. The third-order valence-corrected chi connectivity index (χ3v) is 8.19. The van der Waals surface area contributed by atoms with Crippen LogP contribution in [0.3, 0.4) is 0 Å². The number of benzene rings is 1. The minimum Gasteiger partial charge on any atom is -0.511 e. The molecule has 2 heterocycles. The number of hydrogen-bond acceptors (Lipinski definition) is 5. The van der Waals surface area contributed by atoms with Crippen LogP contribution in [0.1, 0.15) is 69.7 Å². The smallest absolute Gasteiger partial charge is 0.349 e. The Kier molecular flexibility index (Phi) is 6.97. The van der Waals surface area contributed by atoms with Gasteiger partial charge in [-0.3, -0.25) is 0 Å². The summed E-state index contributed by atoms with van der Waals surface area (Å²) in [5, 5.41) is 15.2. The average molecular weight is 459 g/mol. The standard InChI is InChI=1S/C26H34O3S2/c1-16(2)26(10-8-19-9-11-30-15-19)14-21(27)23(24(28)29-26)31-22-13-18(4)17(3)12-20(22)25(5,6)7/h9,11-13,15-16,27H,8,10,14H2,1-7H3/t26-/m0/s1. The molecule has 0 aliphatic carbocycles. The average Bonchev–Trinajstić information content (AvgIpc) is 3.18. The fourth-order valence-corrected chi connectivity index (χ4v) is 5.91. The van der Waals surface area contributed by atoms with Crippen molar-refractivity contribution in [2.24, 2.45) is 5.92 Å². The number of aliphatic hydroxyl groups excluding tert-OH is 1. The minimum atomic E-state index is -0.677. The molecule has 0 fully saturated rings.